The van der Waals surface area contributed by atoms with Gasteiger partial charge in [0.1, 0.15) is 12.4 Å². The Bertz CT molecular complexity index is 667. The van der Waals surface area contributed by atoms with Crippen LogP contribution in [0.1, 0.15) is 12.8 Å². The summed E-state index contributed by atoms with van der Waals surface area (Å²) in [6.45, 7) is 0.526. The number of anilines is 1. The second kappa shape index (κ2) is 4.80. The van der Waals surface area contributed by atoms with E-state index in [0.29, 0.717) is 24.3 Å². The second-order valence-electron chi connectivity index (χ2n) is 4.69. The normalized spacial score (nSPS) is 18.4. The van der Waals surface area contributed by atoms with E-state index in [1.54, 1.807) is 29.1 Å². The molecule has 1 atom stereocenters. The van der Waals surface area contributed by atoms with Crippen LogP contribution in [0.2, 0.25) is 0 Å². The zero-order valence-electron chi connectivity index (χ0n) is 10.7. The Kier molecular flexibility index (Phi) is 2.97. The molecule has 8 nitrogen and oxygen atoms in total. The van der Waals surface area contributed by atoms with Crippen molar-refractivity contribution < 1.29 is 9.59 Å². The molecule has 0 spiro atoms. The summed E-state index contributed by atoms with van der Waals surface area (Å²) in [6, 6.07) is 2.44. The molecule has 1 aliphatic rings. The van der Waals surface area contributed by atoms with Crippen LogP contribution in [0.5, 0.6) is 0 Å². The Morgan fingerprint density at radius 2 is 2.25 bits per heavy atom. The highest BCUT2D eigenvalue weighted by Gasteiger charge is 2.32. The van der Waals surface area contributed by atoms with Crippen molar-refractivity contribution in [3.8, 4) is 0 Å². The first-order valence-corrected chi connectivity index (χ1v) is 6.31. The molecule has 2 aromatic heterocycles. The Balaban J connectivity index is 1.76. The van der Waals surface area contributed by atoms with E-state index >= 15 is 0 Å². The summed E-state index contributed by atoms with van der Waals surface area (Å²) in [5.41, 5.74) is 6.59. The van der Waals surface area contributed by atoms with Crippen LogP contribution in [0.3, 0.4) is 0 Å². The first-order chi connectivity index (χ1) is 9.65. The summed E-state index contributed by atoms with van der Waals surface area (Å²) in [6.07, 6.45) is 4.68. The molecule has 1 saturated heterocycles. The lowest BCUT2D eigenvalue weighted by atomic mass is 10.2. The van der Waals surface area contributed by atoms with Crippen LogP contribution < -0.4 is 11.1 Å². The quantitative estimate of drug-likeness (QED) is 0.816. The van der Waals surface area contributed by atoms with Crippen LogP contribution in [0.15, 0.2) is 24.7 Å². The van der Waals surface area contributed by atoms with E-state index in [-0.39, 0.29) is 5.91 Å². The lowest BCUT2D eigenvalue weighted by Gasteiger charge is -2.21. The maximum atomic E-state index is 12.2. The molecule has 1 fully saturated rings. The minimum absolute atomic E-state index is 0.228. The number of nitrogens with two attached hydrogens (primary N) is 1. The number of urea groups is 1. The molecular weight excluding hydrogens is 260 g/mol. The highest BCUT2D eigenvalue weighted by molar-refractivity contribution is 5.97. The third-order valence-electron chi connectivity index (χ3n) is 3.40. The van der Waals surface area contributed by atoms with Crippen molar-refractivity contribution in [2.45, 2.75) is 18.9 Å². The van der Waals surface area contributed by atoms with Gasteiger partial charge in [-0.2, -0.15) is 0 Å². The topological polar surface area (TPSA) is 106 Å². The molecule has 104 valence electrons. The molecule has 3 heterocycles. The molecule has 3 N–H and O–H groups in total. The van der Waals surface area contributed by atoms with Gasteiger partial charge in [0, 0.05) is 12.7 Å². The summed E-state index contributed by atoms with van der Waals surface area (Å²) >= 11 is 0. The number of hydrogen-bond acceptors (Lipinski definition) is 4. The van der Waals surface area contributed by atoms with Gasteiger partial charge in [0.25, 0.3) is 0 Å². The van der Waals surface area contributed by atoms with Crippen molar-refractivity contribution in [2.75, 3.05) is 11.9 Å². The van der Waals surface area contributed by atoms with E-state index in [4.69, 9.17) is 5.73 Å². The minimum atomic E-state index is -0.558. The van der Waals surface area contributed by atoms with Crippen molar-refractivity contribution in [3.63, 3.8) is 0 Å². The average molecular weight is 274 g/mol. The molecule has 2 aromatic rings. The monoisotopic (exact) mass is 274 g/mol. The summed E-state index contributed by atoms with van der Waals surface area (Å²) in [7, 11) is 0. The van der Waals surface area contributed by atoms with E-state index in [0.717, 1.165) is 6.42 Å². The van der Waals surface area contributed by atoms with Crippen LogP contribution in [-0.2, 0) is 4.79 Å². The van der Waals surface area contributed by atoms with Crippen molar-refractivity contribution in [2.24, 2.45) is 5.73 Å². The van der Waals surface area contributed by atoms with Gasteiger partial charge in [-0.3, -0.25) is 9.20 Å². The fraction of sp³-hybridized carbons (Fsp3) is 0.333. The number of amides is 3. The third kappa shape index (κ3) is 2.15. The zero-order valence-corrected chi connectivity index (χ0v) is 10.7. The highest BCUT2D eigenvalue weighted by atomic mass is 16.2. The van der Waals surface area contributed by atoms with Crippen LogP contribution in [0.4, 0.5) is 10.5 Å². The fourth-order valence-corrected chi connectivity index (χ4v) is 2.43. The summed E-state index contributed by atoms with van der Waals surface area (Å²) in [5, 5.41) is 10.4. The SMILES string of the molecule is NC(=O)N1CCC[C@H]1C(=O)Nc1ccc2nncn2c1. The first-order valence-electron chi connectivity index (χ1n) is 6.31. The maximum absolute atomic E-state index is 12.2. The van der Waals surface area contributed by atoms with Gasteiger partial charge in [0.2, 0.25) is 5.91 Å². The standard InChI is InChI=1S/C12H14N6O2/c13-12(20)18-5-1-2-9(18)11(19)15-8-3-4-10-16-14-7-17(10)6-8/h3-4,6-7,9H,1-2,5H2,(H2,13,20)(H,15,19)/t9-/m0/s1. The van der Waals surface area contributed by atoms with Gasteiger partial charge in [0.05, 0.1) is 5.69 Å². The van der Waals surface area contributed by atoms with Gasteiger partial charge in [-0.25, -0.2) is 4.79 Å². The Labute approximate surface area is 114 Å². The summed E-state index contributed by atoms with van der Waals surface area (Å²) in [4.78, 5) is 24.9. The number of carbonyl (C=O) groups is 2. The maximum Gasteiger partial charge on any atom is 0.315 e. The first kappa shape index (κ1) is 12.4. The van der Waals surface area contributed by atoms with Gasteiger partial charge in [0.15, 0.2) is 5.65 Å². The summed E-state index contributed by atoms with van der Waals surface area (Å²) in [5.74, 6) is -0.228. The number of nitrogens with zero attached hydrogens (tertiary/aromatic N) is 4. The number of primary amides is 1. The predicted octanol–water partition coefficient (Wildman–Crippen LogP) is 0.211. The van der Waals surface area contributed by atoms with E-state index in [1.165, 1.54) is 4.90 Å². The van der Waals surface area contributed by atoms with Crippen LogP contribution in [-0.4, -0.2) is 44.0 Å². The summed E-state index contributed by atoms with van der Waals surface area (Å²) < 4.78 is 1.70. The Morgan fingerprint density at radius 1 is 1.40 bits per heavy atom. The molecule has 0 bridgehead atoms. The number of likely N-dealkylation sites (tertiary alicyclic amines) is 1. The van der Waals surface area contributed by atoms with Crippen LogP contribution in [0.25, 0.3) is 5.65 Å². The molecule has 0 saturated carbocycles. The smallest absolute Gasteiger partial charge is 0.315 e. The molecule has 0 unspecified atom stereocenters. The van der Waals surface area contributed by atoms with Crippen molar-refractivity contribution >= 4 is 23.3 Å². The number of fused-ring (bicyclic) bond motifs is 1. The number of aromatic nitrogens is 3. The van der Waals surface area contributed by atoms with Gasteiger partial charge < -0.3 is 16.0 Å². The number of pyridine rings is 1. The van der Waals surface area contributed by atoms with Crippen LogP contribution >= 0.6 is 0 Å². The highest BCUT2D eigenvalue weighted by Crippen LogP contribution is 2.19. The second-order valence-corrected chi connectivity index (χ2v) is 4.69. The zero-order chi connectivity index (χ0) is 14.1. The third-order valence-corrected chi connectivity index (χ3v) is 3.40. The van der Waals surface area contributed by atoms with E-state index < -0.39 is 12.1 Å². The lowest BCUT2D eigenvalue weighted by molar-refractivity contribution is -0.119. The van der Waals surface area contributed by atoms with E-state index in [9.17, 15) is 9.59 Å². The van der Waals surface area contributed by atoms with Crippen molar-refractivity contribution in [1.82, 2.24) is 19.5 Å². The number of hydrogen-bond donors (Lipinski definition) is 2. The van der Waals surface area contributed by atoms with E-state index in [1.807, 2.05) is 0 Å². The predicted molar refractivity (Wildman–Crippen MR) is 70.9 cm³/mol. The van der Waals surface area contributed by atoms with Gasteiger partial charge in [-0.1, -0.05) is 0 Å². The van der Waals surface area contributed by atoms with Gasteiger partial charge >= 0.3 is 6.03 Å². The van der Waals surface area contributed by atoms with Gasteiger partial charge in [-0.15, -0.1) is 10.2 Å². The number of rotatable bonds is 2. The lowest BCUT2D eigenvalue weighted by Crippen LogP contribution is -2.45. The molecule has 0 aromatic carbocycles. The van der Waals surface area contributed by atoms with Gasteiger partial charge in [-0.05, 0) is 25.0 Å². The molecule has 20 heavy (non-hydrogen) atoms. The Morgan fingerprint density at radius 3 is 3.05 bits per heavy atom. The fourth-order valence-electron chi connectivity index (χ4n) is 2.43. The molecule has 1 aliphatic heterocycles. The van der Waals surface area contributed by atoms with Crippen molar-refractivity contribution in [3.05, 3.63) is 24.7 Å². The number of nitrogens with one attached hydrogen (secondary N) is 1. The van der Waals surface area contributed by atoms with E-state index in [2.05, 4.69) is 15.5 Å². The molecular formula is C12H14N6O2. The Hall–Kier alpha value is -2.64. The molecule has 0 aliphatic carbocycles. The molecule has 3 rings (SSSR count). The van der Waals surface area contributed by atoms with Crippen LogP contribution in [0, 0.1) is 0 Å². The average Bonchev–Trinajstić information content (AvgIpc) is 3.06. The van der Waals surface area contributed by atoms with Crippen molar-refractivity contribution in [1.29, 1.82) is 0 Å². The molecule has 0 radical (unpaired) electrons. The minimum Gasteiger partial charge on any atom is -0.351 e. The number of carbonyl (C=O) groups excluding carboxylic acids is 2. The largest absolute Gasteiger partial charge is 0.351 e. The molecule has 8 heteroatoms. The molecule has 3 amide bonds.